The third kappa shape index (κ3) is 4.36. The summed E-state index contributed by atoms with van der Waals surface area (Å²) in [5.41, 5.74) is 5.04. The third-order valence-corrected chi connectivity index (χ3v) is 4.14. The molecular formula is C15H13F3N3O3S2-. The Kier molecular flexibility index (Phi) is 6.29. The van der Waals surface area contributed by atoms with E-state index in [1.807, 2.05) is 0 Å². The van der Waals surface area contributed by atoms with Gasteiger partial charge in [-0.25, -0.2) is 13.2 Å². The predicted octanol–water partition coefficient (Wildman–Crippen LogP) is 2.16. The van der Waals surface area contributed by atoms with Crippen molar-refractivity contribution < 1.29 is 26.7 Å². The Labute approximate surface area is 154 Å². The number of rotatable bonds is 5. The first-order chi connectivity index (χ1) is 12.1. The van der Waals surface area contributed by atoms with Gasteiger partial charge in [-0.15, -0.1) is 0 Å². The van der Waals surface area contributed by atoms with Crippen molar-refractivity contribution >= 4 is 41.4 Å². The Morgan fingerprint density at radius 3 is 2.46 bits per heavy atom. The van der Waals surface area contributed by atoms with Crippen LogP contribution >= 0.6 is 12.6 Å². The number of anilines is 1. The third-order valence-electron chi connectivity index (χ3n) is 3.28. The smallest absolute Gasteiger partial charge is 0.272 e. The second kappa shape index (κ2) is 8.08. The lowest BCUT2D eigenvalue weighted by atomic mass is 10.2. The van der Waals surface area contributed by atoms with Gasteiger partial charge in [-0.05, 0) is 11.1 Å². The minimum atomic E-state index is -2.66. The van der Waals surface area contributed by atoms with Crippen LogP contribution in [0.2, 0.25) is 0 Å². The summed E-state index contributed by atoms with van der Waals surface area (Å²) in [7, 11) is 1.41. The molecule has 0 saturated carbocycles. The topological polar surface area (TPSA) is 100 Å². The zero-order chi connectivity index (χ0) is 19.6. The van der Waals surface area contributed by atoms with Gasteiger partial charge in [-0.3, -0.25) is 9.00 Å². The molecular weight excluding hydrogens is 391 g/mol. The number of hydrogen-bond donors (Lipinski definition) is 3. The molecule has 0 saturated heterocycles. The number of nitrogens with zero attached hydrogens (tertiary/aromatic N) is 1. The highest BCUT2D eigenvalue weighted by Gasteiger charge is 2.21. The van der Waals surface area contributed by atoms with Crippen molar-refractivity contribution in [3.8, 4) is 0 Å². The van der Waals surface area contributed by atoms with E-state index in [0.29, 0.717) is 12.1 Å². The molecule has 11 heteroatoms. The van der Waals surface area contributed by atoms with Crippen LogP contribution in [0, 0.1) is 17.5 Å². The van der Waals surface area contributed by atoms with E-state index in [1.54, 1.807) is 0 Å². The molecule has 0 spiro atoms. The van der Waals surface area contributed by atoms with Gasteiger partial charge in [0.05, 0.1) is 10.3 Å². The average Bonchev–Trinajstić information content (AvgIpc) is 2.87. The van der Waals surface area contributed by atoms with Crippen molar-refractivity contribution in [2.45, 2.75) is 10.3 Å². The fraction of sp³-hybridized carbons (Fsp3) is 0.133. The Bertz CT molecular complexity index is 890. The number of nitrogens with one attached hydrogen (secondary N) is 1. The highest BCUT2D eigenvalue weighted by Crippen LogP contribution is 2.24. The van der Waals surface area contributed by atoms with Crippen LogP contribution in [0.1, 0.15) is 16.1 Å². The lowest BCUT2D eigenvalue weighted by Gasteiger charge is -2.09. The summed E-state index contributed by atoms with van der Waals surface area (Å²) in [6, 6.07) is 1.20. The van der Waals surface area contributed by atoms with E-state index in [9.17, 15) is 26.7 Å². The molecule has 1 aromatic heterocycles. The van der Waals surface area contributed by atoms with Crippen LogP contribution in [0.4, 0.5) is 18.9 Å². The summed E-state index contributed by atoms with van der Waals surface area (Å²) >= 11 is 1.27. The zero-order valence-corrected chi connectivity index (χ0v) is 14.9. The van der Waals surface area contributed by atoms with E-state index in [0.717, 1.165) is 0 Å². The van der Waals surface area contributed by atoms with E-state index in [1.165, 1.54) is 30.0 Å². The molecule has 0 aliphatic carbocycles. The molecule has 3 N–H and O–H groups in total. The molecule has 0 radical (unpaired) electrons. The molecule has 2 rings (SSSR count). The van der Waals surface area contributed by atoms with Crippen molar-refractivity contribution in [3.05, 3.63) is 53.1 Å². The van der Waals surface area contributed by atoms with Crippen molar-refractivity contribution in [2.24, 2.45) is 12.8 Å². The molecule has 2 aromatic rings. The number of nitrogens with two attached hydrogens (primary N) is 1. The molecule has 0 fully saturated rings. The molecule has 1 aromatic carbocycles. The van der Waals surface area contributed by atoms with Crippen molar-refractivity contribution in [3.63, 3.8) is 0 Å². The quantitative estimate of drug-likeness (QED) is 0.308. The Hall–Kier alpha value is -2.08. The summed E-state index contributed by atoms with van der Waals surface area (Å²) in [6.45, 7) is 0. The van der Waals surface area contributed by atoms with Crippen molar-refractivity contribution in [1.82, 2.24) is 4.57 Å². The second-order valence-electron chi connectivity index (χ2n) is 5.16. The lowest BCUT2D eigenvalue weighted by Crippen LogP contribution is -2.17. The fourth-order valence-corrected chi connectivity index (χ4v) is 2.88. The van der Waals surface area contributed by atoms with Gasteiger partial charge in [0.15, 0.2) is 17.5 Å². The van der Waals surface area contributed by atoms with E-state index in [4.69, 9.17) is 5.73 Å². The standard InChI is InChI=1S/C15H14F3N3O3S2/c1-21-6-11(26(23)24)8(2-3-12(19)25)14(21)15(22)20-7-4-9(16)13(18)10(17)5-7/h2-6,12,25H,19H2,1H3,(H,20,22)(H,23,24)/p-1/b3-2-. The van der Waals surface area contributed by atoms with E-state index in [2.05, 4.69) is 17.9 Å². The summed E-state index contributed by atoms with van der Waals surface area (Å²) < 4.78 is 63.5. The number of amides is 1. The van der Waals surface area contributed by atoms with Crippen LogP contribution in [0.3, 0.4) is 0 Å². The van der Waals surface area contributed by atoms with Gasteiger partial charge in [-0.1, -0.05) is 12.2 Å². The Morgan fingerprint density at radius 1 is 1.38 bits per heavy atom. The van der Waals surface area contributed by atoms with Crippen LogP contribution in [-0.2, 0) is 18.1 Å². The zero-order valence-electron chi connectivity index (χ0n) is 13.2. The maximum atomic E-state index is 13.3. The first-order valence-corrected chi connectivity index (χ1v) is 8.57. The maximum absolute atomic E-state index is 13.3. The van der Waals surface area contributed by atoms with Gasteiger partial charge in [-0.2, -0.15) is 12.6 Å². The van der Waals surface area contributed by atoms with Crippen molar-refractivity contribution in [1.29, 1.82) is 0 Å². The van der Waals surface area contributed by atoms with Gasteiger partial charge in [0.25, 0.3) is 5.91 Å². The van der Waals surface area contributed by atoms with Crippen molar-refractivity contribution in [2.75, 3.05) is 5.32 Å². The van der Waals surface area contributed by atoms with Crippen LogP contribution in [-0.4, -0.2) is 24.6 Å². The number of halogens is 3. The first-order valence-electron chi connectivity index (χ1n) is 6.98. The van der Waals surface area contributed by atoms with Crippen LogP contribution in [0.5, 0.6) is 0 Å². The molecule has 0 bridgehead atoms. The monoisotopic (exact) mass is 404 g/mol. The van der Waals surface area contributed by atoms with E-state index >= 15 is 0 Å². The number of hydrogen-bond acceptors (Lipinski definition) is 5. The highest BCUT2D eigenvalue weighted by atomic mass is 32.2. The minimum Gasteiger partial charge on any atom is -0.768 e. The minimum absolute atomic E-state index is 0.0193. The molecule has 0 aliphatic heterocycles. The molecule has 2 atom stereocenters. The van der Waals surface area contributed by atoms with Gasteiger partial charge >= 0.3 is 0 Å². The largest absolute Gasteiger partial charge is 0.768 e. The average molecular weight is 404 g/mol. The SMILES string of the molecule is Cn1cc(S(=O)[O-])c(/C=C\C(N)S)c1C(=O)Nc1cc(F)c(F)c(F)c1. The van der Waals surface area contributed by atoms with Gasteiger partial charge in [0, 0.05) is 36.6 Å². The maximum Gasteiger partial charge on any atom is 0.272 e. The molecule has 26 heavy (non-hydrogen) atoms. The summed E-state index contributed by atoms with van der Waals surface area (Å²) in [5, 5.41) is 1.49. The Morgan fingerprint density at radius 2 is 1.96 bits per heavy atom. The number of carbonyl (C=O) groups excluding carboxylic acids is 1. The summed E-state index contributed by atoms with van der Waals surface area (Å²) in [6.07, 6.45) is 3.83. The van der Waals surface area contributed by atoms with Gasteiger partial charge in [0.2, 0.25) is 0 Å². The summed E-state index contributed by atoms with van der Waals surface area (Å²) in [5.74, 6) is -5.48. The van der Waals surface area contributed by atoms with E-state index in [-0.39, 0.29) is 21.8 Å². The lowest BCUT2D eigenvalue weighted by molar-refractivity contribution is 0.101. The van der Waals surface area contributed by atoms with Crippen LogP contribution in [0.25, 0.3) is 6.08 Å². The molecule has 6 nitrogen and oxygen atoms in total. The van der Waals surface area contributed by atoms with Gasteiger partial charge < -0.3 is 20.2 Å². The first kappa shape index (κ1) is 20.2. The number of benzene rings is 1. The number of carbonyl (C=O) groups is 1. The number of aryl methyl sites for hydroxylation is 1. The number of thiol groups is 1. The predicted molar refractivity (Wildman–Crippen MR) is 92.9 cm³/mol. The second-order valence-corrected chi connectivity index (χ2v) is 6.66. The van der Waals surface area contributed by atoms with Gasteiger partial charge in [0.1, 0.15) is 5.69 Å². The highest BCUT2D eigenvalue weighted by molar-refractivity contribution is 7.81. The Balaban J connectivity index is 2.47. The molecule has 2 unspecified atom stereocenters. The molecule has 0 aliphatic rings. The van der Waals surface area contributed by atoms with E-state index < -0.39 is 39.8 Å². The van der Waals surface area contributed by atoms with Crippen LogP contribution < -0.4 is 11.1 Å². The molecule has 1 heterocycles. The summed E-state index contributed by atoms with van der Waals surface area (Å²) in [4.78, 5) is 12.3. The van der Waals surface area contributed by atoms with Crippen LogP contribution in [0.15, 0.2) is 29.3 Å². The fourth-order valence-electron chi connectivity index (χ4n) is 2.21. The molecule has 1 amide bonds. The molecule has 140 valence electrons. The number of aromatic nitrogens is 1. The normalized spacial score (nSPS) is 13.8.